The number of nitrogens with zero attached hydrogens (tertiary/aromatic N) is 3. The van der Waals surface area contributed by atoms with E-state index in [1.54, 1.807) is 0 Å². The van der Waals surface area contributed by atoms with Crippen molar-refractivity contribution in [1.29, 1.82) is 0 Å². The molecule has 2 aliphatic rings. The maximum absolute atomic E-state index is 10.6. The molecule has 0 unspecified atom stereocenters. The molecule has 594 valence electrons. The van der Waals surface area contributed by atoms with Crippen LogP contribution in [0.5, 0.6) is 0 Å². The summed E-state index contributed by atoms with van der Waals surface area (Å²) >= 11 is 0. The van der Waals surface area contributed by atoms with E-state index in [4.69, 9.17) is 0 Å². The first-order valence-electron chi connectivity index (χ1n) is 46.2. The van der Waals surface area contributed by atoms with Gasteiger partial charge in [0.1, 0.15) is 0 Å². The van der Waals surface area contributed by atoms with E-state index in [-0.39, 0.29) is 80.0 Å². The second kappa shape index (κ2) is 30.8. The van der Waals surface area contributed by atoms with E-state index in [1.807, 2.05) is 65.2 Å². The zero-order valence-corrected chi connectivity index (χ0v) is 71.3. The summed E-state index contributed by atoms with van der Waals surface area (Å²) in [5, 5.41) is 0.518. The van der Waals surface area contributed by atoms with Crippen LogP contribution < -0.4 is 26.2 Å². The molecule has 1 aromatic heterocycles. The standard InChI is InChI=1S/C120H96BN3/c1-118(2,3)97-72-101(87-46-30-16-31-47-87)117(102(73-97)88-48-32-17-33-49-88)124-112-78-100(122-109-63-58-91(81-38-22-12-23-39-81)69-105(109)106-70-92(59-64-110(106)122)82-40-24-13-25-41-82)61-62-107(112)121-108-71-93(96-67-94(83-42-26-14-27-43-83)66-95(68-96)84-44-28-15-29-45-84)60-65-111(108)123(113-76-99(120(7,8)9)77-114(124)115(113)121)116-103(89-54-50-85(51-55-89)79-34-18-10-19-35-79)74-98(119(4,5)6)75-104(116)90-56-52-86(53-57-90)80-36-20-11-21-37-80/h10-78H,1-9H3/i58D,59D,63D,64D,69D,70D. The van der Waals surface area contributed by atoms with Gasteiger partial charge in [-0.05, 0) is 246 Å². The number of rotatable bonds is 14. The van der Waals surface area contributed by atoms with Gasteiger partial charge in [0.05, 0.1) is 30.6 Å². The normalized spacial score (nSPS) is 13.2. The molecule has 0 bridgehead atoms. The van der Waals surface area contributed by atoms with Crippen LogP contribution in [0.2, 0.25) is 0 Å². The number of hydrogen-bond donors (Lipinski definition) is 0. The van der Waals surface area contributed by atoms with E-state index >= 15 is 0 Å². The molecule has 0 amide bonds. The summed E-state index contributed by atoms with van der Waals surface area (Å²) in [5.41, 5.74) is 32.8. The molecule has 0 N–H and O–H groups in total. The first kappa shape index (κ1) is 70.1. The minimum Gasteiger partial charge on any atom is -0.310 e. The van der Waals surface area contributed by atoms with Gasteiger partial charge in [0, 0.05) is 61.5 Å². The van der Waals surface area contributed by atoms with E-state index in [9.17, 15) is 8.22 Å². The van der Waals surface area contributed by atoms with Gasteiger partial charge >= 0.3 is 0 Å². The van der Waals surface area contributed by atoms with Gasteiger partial charge < -0.3 is 14.4 Å². The third-order valence-corrected chi connectivity index (χ3v) is 25.2. The van der Waals surface area contributed by atoms with Crippen LogP contribution in [-0.2, 0) is 16.2 Å². The lowest BCUT2D eigenvalue weighted by Crippen LogP contribution is -2.61. The van der Waals surface area contributed by atoms with Crippen LogP contribution in [0.1, 0.15) is 87.2 Å². The topological polar surface area (TPSA) is 11.4 Å². The van der Waals surface area contributed by atoms with Crippen molar-refractivity contribution >= 4 is 79.0 Å². The number of anilines is 6. The largest absolute Gasteiger partial charge is 0.310 e. The quantitative estimate of drug-likeness (QED) is 0.101. The van der Waals surface area contributed by atoms with Crippen molar-refractivity contribution in [3.8, 4) is 128 Å². The Bertz CT molecular complexity index is 7320. The highest BCUT2D eigenvalue weighted by atomic mass is 15.2. The Morgan fingerprint density at radius 3 is 0.879 bits per heavy atom. The highest BCUT2D eigenvalue weighted by Crippen LogP contribution is 2.56. The third kappa shape index (κ3) is 13.9. The molecular formula is C120H96BN3. The molecule has 0 aliphatic carbocycles. The van der Waals surface area contributed by atoms with Crippen molar-refractivity contribution in [3.63, 3.8) is 0 Å². The monoisotopic (exact) mass is 1600 g/mol. The molecule has 18 aromatic carbocycles. The minimum absolute atomic E-state index is 0.0394. The highest BCUT2D eigenvalue weighted by Gasteiger charge is 2.47. The summed E-state index contributed by atoms with van der Waals surface area (Å²) in [6, 6.07) is 136. The second-order valence-corrected chi connectivity index (χ2v) is 36.3. The number of aromatic nitrogens is 1. The van der Waals surface area contributed by atoms with E-state index in [2.05, 4.69) is 394 Å². The summed E-state index contributed by atoms with van der Waals surface area (Å²) < 4.78 is 64.9. The fraction of sp³-hybridized carbons (Fsp3) is 0.100. The average Bonchev–Trinajstić information content (AvgIpc) is 1.16. The fourth-order valence-electron chi connectivity index (χ4n) is 18.7. The highest BCUT2D eigenvalue weighted by molar-refractivity contribution is 7.00. The zero-order chi connectivity index (χ0) is 89.3. The van der Waals surface area contributed by atoms with Crippen LogP contribution in [0.4, 0.5) is 34.1 Å². The number of benzene rings is 18. The van der Waals surface area contributed by atoms with Crippen molar-refractivity contribution < 1.29 is 8.22 Å². The fourth-order valence-corrected chi connectivity index (χ4v) is 18.7. The SMILES string of the molecule is [2H]c1c(-c2ccccc2)c([2H])c2c3c([2H])c(-c4ccccc4)c([2H])c([2H])c3n(-c3ccc4c(c3)N(c3c(-c5ccccc5)cc(C(C)(C)C)cc3-c3ccccc3)c3cc(C(C)(C)C)cc5c3B4c3cc(-c4cc(-c6ccccc6)cc(-c6ccccc6)c4)ccc3N5c3c(-c4ccc(-c5ccccc5)cc4)cc(C(C)(C)C)cc3-c3ccc(-c4ccccc4)cc3)c2c1[2H]. The summed E-state index contributed by atoms with van der Waals surface area (Å²) in [7, 11) is 0. The lowest BCUT2D eigenvalue weighted by molar-refractivity contribution is 0.590. The summed E-state index contributed by atoms with van der Waals surface area (Å²) in [6.07, 6.45) is 0. The van der Waals surface area contributed by atoms with E-state index in [0.29, 0.717) is 16.8 Å². The maximum Gasteiger partial charge on any atom is 0.252 e. The molecule has 0 atom stereocenters. The Hall–Kier alpha value is -14.6. The second-order valence-electron chi connectivity index (χ2n) is 36.3. The Morgan fingerprint density at radius 2 is 0.516 bits per heavy atom. The summed E-state index contributed by atoms with van der Waals surface area (Å²) in [6.45, 7) is 20.3. The molecule has 0 saturated carbocycles. The Balaban J connectivity index is 0.946. The predicted octanol–water partition coefficient (Wildman–Crippen LogP) is 31.1. The van der Waals surface area contributed by atoms with E-state index < -0.39 is 12.1 Å². The van der Waals surface area contributed by atoms with E-state index in [0.717, 1.165) is 162 Å². The van der Waals surface area contributed by atoms with Crippen LogP contribution in [0.25, 0.3) is 150 Å². The van der Waals surface area contributed by atoms with Gasteiger partial charge in [-0.2, -0.15) is 0 Å². The molecule has 19 aromatic rings. The molecule has 21 rings (SSSR count). The van der Waals surface area contributed by atoms with Crippen LogP contribution in [0, 0.1) is 0 Å². The Labute approximate surface area is 738 Å². The van der Waals surface area contributed by atoms with Crippen molar-refractivity contribution in [3.05, 3.63) is 435 Å². The van der Waals surface area contributed by atoms with Gasteiger partial charge in [-0.25, -0.2) is 0 Å². The Morgan fingerprint density at radius 1 is 0.226 bits per heavy atom. The molecule has 0 spiro atoms. The van der Waals surface area contributed by atoms with Crippen LogP contribution >= 0.6 is 0 Å². The molecule has 0 radical (unpaired) electrons. The summed E-state index contributed by atoms with van der Waals surface area (Å²) in [4.78, 5) is 5.20. The lowest BCUT2D eigenvalue weighted by atomic mass is 9.33. The zero-order valence-electron chi connectivity index (χ0n) is 77.3. The van der Waals surface area contributed by atoms with Gasteiger partial charge in [-0.3, -0.25) is 0 Å². The molecule has 2 aliphatic heterocycles. The molecule has 0 saturated heterocycles. The van der Waals surface area contributed by atoms with Gasteiger partial charge in [0.2, 0.25) is 0 Å². The van der Waals surface area contributed by atoms with E-state index in [1.165, 1.54) is 5.56 Å². The molecule has 3 nitrogen and oxygen atoms in total. The molecule has 0 fully saturated rings. The first-order valence-corrected chi connectivity index (χ1v) is 43.2. The number of hydrogen-bond acceptors (Lipinski definition) is 2. The van der Waals surface area contributed by atoms with Crippen LogP contribution in [0.3, 0.4) is 0 Å². The predicted molar refractivity (Wildman–Crippen MR) is 531 cm³/mol. The first-order chi connectivity index (χ1) is 62.9. The van der Waals surface area contributed by atoms with Gasteiger partial charge in [0.25, 0.3) is 6.71 Å². The van der Waals surface area contributed by atoms with Crippen LogP contribution in [0.15, 0.2) is 418 Å². The van der Waals surface area contributed by atoms with Gasteiger partial charge in [0.15, 0.2) is 0 Å². The maximum atomic E-state index is 10.6. The van der Waals surface area contributed by atoms with Crippen molar-refractivity contribution in [2.75, 3.05) is 9.80 Å². The average molecular weight is 1600 g/mol. The Kier molecular flexibility index (Phi) is 17.4. The third-order valence-electron chi connectivity index (χ3n) is 25.2. The molecule has 3 heterocycles. The summed E-state index contributed by atoms with van der Waals surface area (Å²) in [5.74, 6) is 0. The van der Waals surface area contributed by atoms with Crippen molar-refractivity contribution in [2.45, 2.75) is 78.6 Å². The van der Waals surface area contributed by atoms with Gasteiger partial charge in [-0.1, -0.05) is 384 Å². The molecule has 124 heavy (non-hydrogen) atoms. The van der Waals surface area contributed by atoms with Crippen molar-refractivity contribution in [1.82, 2.24) is 4.57 Å². The van der Waals surface area contributed by atoms with Crippen LogP contribution in [-0.4, -0.2) is 11.3 Å². The smallest absolute Gasteiger partial charge is 0.252 e. The molecular weight excluding hydrogens is 1490 g/mol. The van der Waals surface area contributed by atoms with Crippen molar-refractivity contribution in [2.24, 2.45) is 0 Å². The minimum atomic E-state index is -0.542. The molecule has 4 heteroatoms. The van der Waals surface area contributed by atoms with Gasteiger partial charge in [-0.15, -0.1) is 0 Å². The lowest BCUT2D eigenvalue weighted by Gasteiger charge is -2.47. The number of fused-ring (bicyclic) bond motifs is 7.